The van der Waals surface area contributed by atoms with Crippen molar-refractivity contribution in [1.29, 1.82) is 0 Å². The van der Waals surface area contributed by atoms with Gasteiger partial charge in [0.05, 0.1) is 6.04 Å². The molecule has 4 rings (SSSR count). The molecular weight excluding hydrogens is 406 g/mol. The first kappa shape index (κ1) is 19.8. The number of anilines is 1. The van der Waals surface area contributed by atoms with Crippen LogP contribution in [0.25, 0.3) is 0 Å². The Bertz CT molecular complexity index is 1020. The molecule has 1 aromatic heterocycles. The fraction of sp³-hybridized carbons (Fsp3) is 0.286. The summed E-state index contributed by atoms with van der Waals surface area (Å²) in [5.74, 6) is 0.734. The summed E-state index contributed by atoms with van der Waals surface area (Å²) < 4.78 is 1.90. The summed E-state index contributed by atoms with van der Waals surface area (Å²) in [5.41, 5.74) is 6.44. The largest absolute Gasteiger partial charge is 0.325 e. The first-order valence-electron chi connectivity index (χ1n) is 9.61. The van der Waals surface area contributed by atoms with E-state index in [1.54, 1.807) is 12.1 Å². The lowest BCUT2D eigenvalue weighted by atomic mass is 10.0. The van der Waals surface area contributed by atoms with Gasteiger partial charge in [0.25, 0.3) is 0 Å². The number of rotatable bonds is 5. The second-order valence-electron chi connectivity index (χ2n) is 6.83. The Balaban J connectivity index is 1.66. The fourth-order valence-electron chi connectivity index (χ4n) is 3.32. The molecule has 0 fully saturated rings. The van der Waals surface area contributed by atoms with E-state index in [2.05, 4.69) is 52.1 Å². The molecule has 0 radical (unpaired) electrons. The van der Waals surface area contributed by atoms with E-state index in [4.69, 9.17) is 11.6 Å². The third kappa shape index (κ3) is 4.11. The molecule has 150 valence electrons. The molecule has 1 amide bonds. The van der Waals surface area contributed by atoms with Crippen LogP contribution in [0.15, 0.2) is 53.7 Å². The molecule has 0 spiro atoms. The quantitative estimate of drug-likeness (QED) is 0.629. The van der Waals surface area contributed by atoms with E-state index < -0.39 is 5.25 Å². The summed E-state index contributed by atoms with van der Waals surface area (Å²) in [5, 5.41) is 12.3. The highest BCUT2D eigenvalue weighted by Crippen LogP contribution is 2.37. The summed E-state index contributed by atoms with van der Waals surface area (Å²) >= 11 is 7.48. The molecule has 8 heteroatoms. The Morgan fingerprint density at radius 1 is 1.17 bits per heavy atom. The number of thioether (sulfide) groups is 1. The first-order valence-corrected chi connectivity index (χ1v) is 10.9. The predicted octanol–water partition coefficient (Wildman–Crippen LogP) is 4.45. The van der Waals surface area contributed by atoms with Crippen LogP contribution in [0.2, 0.25) is 5.02 Å². The number of amides is 1. The van der Waals surface area contributed by atoms with Crippen LogP contribution in [0.1, 0.15) is 36.8 Å². The molecule has 1 aliphatic rings. The number of fused-ring (bicyclic) bond motifs is 1. The highest BCUT2D eigenvalue weighted by molar-refractivity contribution is 8.00. The Kier molecular flexibility index (Phi) is 5.78. The van der Waals surface area contributed by atoms with Crippen molar-refractivity contribution in [1.82, 2.24) is 14.9 Å². The molecule has 0 saturated heterocycles. The maximum Gasteiger partial charge on any atom is 0.240 e. The summed E-state index contributed by atoms with van der Waals surface area (Å²) in [6.45, 7) is 4.16. The van der Waals surface area contributed by atoms with Crippen molar-refractivity contribution in [3.05, 3.63) is 70.5 Å². The van der Waals surface area contributed by atoms with Gasteiger partial charge in [-0.15, -0.1) is 10.2 Å². The number of hydrogen-bond acceptors (Lipinski definition) is 5. The maximum absolute atomic E-state index is 13.2. The van der Waals surface area contributed by atoms with Gasteiger partial charge in [0, 0.05) is 17.1 Å². The van der Waals surface area contributed by atoms with Gasteiger partial charge in [0.1, 0.15) is 5.25 Å². The van der Waals surface area contributed by atoms with Gasteiger partial charge in [-0.05, 0) is 35.7 Å². The third-order valence-corrected chi connectivity index (χ3v) is 6.37. The minimum atomic E-state index is -0.414. The van der Waals surface area contributed by atoms with Gasteiger partial charge in [0.15, 0.2) is 5.82 Å². The number of nitrogens with zero attached hydrogens (tertiary/aromatic N) is 3. The van der Waals surface area contributed by atoms with Crippen LogP contribution < -0.4 is 10.7 Å². The van der Waals surface area contributed by atoms with E-state index in [9.17, 15) is 4.79 Å². The van der Waals surface area contributed by atoms with E-state index in [1.807, 2.05) is 23.7 Å². The highest BCUT2D eigenvalue weighted by atomic mass is 35.5. The normalized spacial score (nSPS) is 18.0. The molecule has 2 atom stereocenters. The number of halogens is 1. The van der Waals surface area contributed by atoms with Crippen molar-refractivity contribution in [2.75, 3.05) is 10.7 Å². The number of nitrogens with one attached hydrogen (secondary N) is 2. The van der Waals surface area contributed by atoms with E-state index in [-0.39, 0.29) is 11.9 Å². The highest BCUT2D eigenvalue weighted by Gasteiger charge is 2.37. The molecule has 3 aromatic rings. The Hall–Kier alpha value is -2.51. The average Bonchev–Trinajstić information content (AvgIpc) is 3.15. The van der Waals surface area contributed by atoms with Gasteiger partial charge in [0.2, 0.25) is 11.1 Å². The molecule has 0 saturated carbocycles. The molecule has 0 unspecified atom stereocenters. The monoisotopic (exact) mass is 427 g/mol. The van der Waals surface area contributed by atoms with E-state index >= 15 is 0 Å². The van der Waals surface area contributed by atoms with Crippen LogP contribution in [0.5, 0.6) is 0 Å². The van der Waals surface area contributed by atoms with Crippen molar-refractivity contribution in [2.24, 2.45) is 0 Å². The molecule has 0 aliphatic carbocycles. The lowest BCUT2D eigenvalue weighted by Gasteiger charge is -2.33. The van der Waals surface area contributed by atoms with Crippen molar-refractivity contribution >= 4 is 35.0 Å². The van der Waals surface area contributed by atoms with Crippen LogP contribution in [-0.4, -0.2) is 26.0 Å². The van der Waals surface area contributed by atoms with Gasteiger partial charge in [-0.1, -0.05) is 67.5 Å². The molecular formula is C21H22ClN5OS. The van der Waals surface area contributed by atoms with E-state index in [1.165, 1.54) is 17.3 Å². The van der Waals surface area contributed by atoms with Gasteiger partial charge in [-0.25, -0.2) is 4.68 Å². The van der Waals surface area contributed by atoms with Crippen molar-refractivity contribution in [3.8, 4) is 0 Å². The van der Waals surface area contributed by atoms with E-state index in [0.29, 0.717) is 15.9 Å². The summed E-state index contributed by atoms with van der Waals surface area (Å²) in [4.78, 5) is 13.2. The van der Waals surface area contributed by atoms with Crippen LogP contribution in [0.3, 0.4) is 0 Å². The molecule has 6 nitrogen and oxygen atoms in total. The second kappa shape index (κ2) is 8.47. The Morgan fingerprint density at radius 2 is 1.97 bits per heavy atom. The Morgan fingerprint density at radius 3 is 2.66 bits per heavy atom. The smallest absolute Gasteiger partial charge is 0.240 e. The van der Waals surface area contributed by atoms with Gasteiger partial charge >= 0.3 is 0 Å². The zero-order valence-corrected chi connectivity index (χ0v) is 17.8. The Labute approximate surface area is 179 Å². The van der Waals surface area contributed by atoms with Crippen molar-refractivity contribution in [2.45, 2.75) is 43.1 Å². The maximum atomic E-state index is 13.2. The van der Waals surface area contributed by atoms with Gasteiger partial charge < -0.3 is 10.7 Å². The molecule has 0 bridgehead atoms. The lowest BCUT2D eigenvalue weighted by molar-refractivity contribution is -0.116. The van der Waals surface area contributed by atoms with Crippen LogP contribution >= 0.6 is 23.4 Å². The average molecular weight is 428 g/mol. The van der Waals surface area contributed by atoms with Crippen LogP contribution in [0.4, 0.5) is 5.69 Å². The number of benzene rings is 2. The van der Waals surface area contributed by atoms with Crippen LogP contribution in [-0.2, 0) is 17.6 Å². The number of aryl methyl sites for hydroxylation is 2. The number of carbonyl (C=O) groups excluding carboxylic acids is 1. The molecule has 29 heavy (non-hydrogen) atoms. The van der Waals surface area contributed by atoms with Gasteiger partial charge in [-0.3, -0.25) is 4.79 Å². The lowest BCUT2D eigenvalue weighted by Crippen LogP contribution is -2.41. The van der Waals surface area contributed by atoms with Crippen molar-refractivity contribution in [3.63, 3.8) is 0 Å². The number of aromatic nitrogens is 3. The summed E-state index contributed by atoms with van der Waals surface area (Å²) in [6.07, 6.45) is 1.73. The zero-order chi connectivity index (χ0) is 20.4. The predicted molar refractivity (Wildman–Crippen MR) is 117 cm³/mol. The van der Waals surface area contributed by atoms with Crippen LogP contribution in [0, 0.1) is 0 Å². The summed E-state index contributed by atoms with van der Waals surface area (Å²) in [7, 11) is 0. The number of carbonyl (C=O) groups is 1. The van der Waals surface area contributed by atoms with Gasteiger partial charge in [-0.2, -0.15) is 0 Å². The molecule has 2 N–H and O–H groups in total. The van der Waals surface area contributed by atoms with E-state index in [0.717, 1.165) is 24.2 Å². The van der Waals surface area contributed by atoms with Crippen molar-refractivity contribution < 1.29 is 4.79 Å². The fourth-order valence-corrected chi connectivity index (χ4v) is 4.61. The topological polar surface area (TPSA) is 71.8 Å². The molecule has 2 heterocycles. The SMILES string of the molecule is CCc1ccc([C@H]2Nn3c(CC)nnc3S[C@H]2C(=O)Nc2cccc(Cl)c2)cc1. The minimum absolute atomic E-state index is 0.110. The zero-order valence-electron chi connectivity index (χ0n) is 16.2. The summed E-state index contributed by atoms with van der Waals surface area (Å²) in [6, 6.07) is 15.3. The second-order valence-corrected chi connectivity index (χ2v) is 8.37. The first-order chi connectivity index (χ1) is 14.1. The third-order valence-electron chi connectivity index (χ3n) is 4.92. The molecule has 1 aliphatic heterocycles. The number of hydrogen-bond donors (Lipinski definition) is 2. The standard InChI is InChI=1S/C21H22ClN5OS/c1-3-13-8-10-14(11-9-13)18-19(20(28)23-16-7-5-6-15(22)12-16)29-21-25-24-17(4-2)27(21)26-18/h5-12,18-19,26H,3-4H2,1-2H3,(H,23,28)/t18-,19-/m1/s1. The molecule has 2 aromatic carbocycles. The minimum Gasteiger partial charge on any atom is -0.325 e.